The van der Waals surface area contributed by atoms with E-state index in [0.29, 0.717) is 0 Å². The molecule has 0 radical (unpaired) electrons. The van der Waals surface area contributed by atoms with Crippen molar-refractivity contribution in [2.45, 2.75) is 45.6 Å². The average Bonchev–Trinajstić information content (AvgIpc) is 2.24. The maximum Gasteiger partial charge on any atom is 0.137 e. The number of hydrogen-bond acceptors (Lipinski definition) is 4. The van der Waals surface area contributed by atoms with Crippen LogP contribution in [0.25, 0.3) is 0 Å². The smallest absolute Gasteiger partial charge is 0.137 e. The Morgan fingerprint density at radius 1 is 1.41 bits per heavy atom. The molecule has 0 aliphatic rings. The molecule has 0 spiro atoms. The topological polar surface area (TPSA) is 58.0 Å². The highest BCUT2D eigenvalue weighted by atomic mass is 79.9. The van der Waals surface area contributed by atoms with Gasteiger partial charge in [0.25, 0.3) is 0 Å². The first-order valence-corrected chi connectivity index (χ1v) is 6.58. The minimum atomic E-state index is -0.0961. The molecule has 5 heteroatoms. The van der Waals surface area contributed by atoms with Crippen LogP contribution in [0.2, 0.25) is 0 Å². The molecule has 0 saturated carbocycles. The Morgan fingerprint density at radius 3 is 2.53 bits per heavy atom. The number of aromatic nitrogens is 2. The highest BCUT2D eigenvalue weighted by molar-refractivity contribution is 9.10. The normalized spacial score (nSPS) is 13.5. The molecule has 1 aromatic heterocycles. The monoisotopic (exact) mass is 301 g/mol. The second-order valence-electron chi connectivity index (χ2n) is 5.08. The van der Waals surface area contributed by atoms with Crippen LogP contribution in [0.5, 0.6) is 0 Å². The molecule has 1 aromatic rings. The highest BCUT2D eigenvalue weighted by Gasteiger charge is 2.19. The summed E-state index contributed by atoms with van der Waals surface area (Å²) in [5.74, 6) is 1.53. The summed E-state index contributed by atoms with van der Waals surface area (Å²) in [6.07, 6.45) is 0.850. The molecule has 0 fully saturated rings. The van der Waals surface area contributed by atoms with Gasteiger partial charge >= 0.3 is 0 Å². The zero-order valence-electron chi connectivity index (χ0n) is 10.8. The summed E-state index contributed by atoms with van der Waals surface area (Å²) in [5.41, 5.74) is -0.0961. The summed E-state index contributed by atoms with van der Waals surface area (Å²) >= 11 is 3.39. The first-order chi connectivity index (χ1) is 7.86. The van der Waals surface area contributed by atoms with Gasteiger partial charge in [-0.25, -0.2) is 9.97 Å². The lowest BCUT2D eigenvalue weighted by Crippen LogP contribution is -2.25. The van der Waals surface area contributed by atoms with Crippen molar-refractivity contribution in [3.05, 3.63) is 16.5 Å². The maximum atomic E-state index is 9.17. The van der Waals surface area contributed by atoms with Crippen molar-refractivity contribution in [2.24, 2.45) is 0 Å². The minimum absolute atomic E-state index is 0.0321. The van der Waals surface area contributed by atoms with Gasteiger partial charge < -0.3 is 10.4 Å². The molecule has 0 aromatic carbocycles. The van der Waals surface area contributed by atoms with E-state index in [2.05, 4.69) is 52.0 Å². The molecule has 1 rings (SSSR count). The van der Waals surface area contributed by atoms with Gasteiger partial charge in [0.05, 0.1) is 12.6 Å². The van der Waals surface area contributed by atoms with Crippen LogP contribution in [-0.4, -0.2) is 27.7 Å². The Labute approximate surface area is 111 Å². The van der Waals surface area contributed by atoms with Crippen LogP contribution in [0.15, 0.2) is 10.7 Å². The summed E-state index contributed by atoms with van der Waals surface area (Å²) in [7, 11) is 0. The van der Waals surface area contributed by atoms with Crippen molar-refractivity contribution in [3.63, 3.8) is 0 Å². The van der Waals surface area contributed by atoms with Gasteiger partial charge in [0.1, 0.15) is 16.2 Å². The van der Waals surface area contributed by atoms with Gasteiger partial charge in [-0.3, -0.25) is 0 Å². The van der Waals surface area contributed by atoms with E-state index in [1.165, 1.54) is 0 Å². The van der Waals surface area contributed by atoms with E-state index in [1.54, 1.807) is 0 Å². The fraction of sp³-hybridized carbons (Fsp3) is 0.667. The summed E-state index contributed by atoms with van der Waals surface area (Å²) in [4.78, 5) is 8.84. The highest BCUT2D eigenvalue weighted by Crippen LogP contribution is 2.22. The third kappa shape index (κ3) is 4.24. The van der Waals surface area contributed by atoms with Gasteiger partial charge in [-0.15, -0.1) is 0 Å². The van der Waals surface area contributed by atoms with Crippen molar-refractivity contribution in [1.29, 1.82) is 0 Å². The molecule has 17 heavy (non-hydrogen) atoms. The van der Waals surface area contributed by atoms with Gasteiger partial charge in [-0.05, 0) is 22.4 Å². The molecule has 1 heterocycles. The second-order valence-corrected chi connectivity index (χ2v) is 5.89. The van der Waals surface area contributed by atoms with E-state index in [-0.39, 0.29) is 18.1 Å². The lowest BCUT2D eigenvalue weighted by Gasteiger charge is -2.20. The lowest BCUT2D eigenvalue weighted by atomic mass is 9.96. The predicted molar refractivity (Wildman–Crippen MR) is 73.2 cm³/mol. The standard InChI is InChI=1S/C12H20BrN3O/c1-5-8(7-17)14-10-6-9(13)15-11(16-10)12(2,3)4/h6,8,17H,5,7H2,1-4H3,(H,14,15,16). The van der Waals surface area contributed by atoms with Crippen LogP contribution < -0.4 is 5.32 Å². The summed E-state index contributed by atoms with van der Waals surface area (Å²) in [5, 5.41) is 12.4. The molecular weight excluding hydrogens is 282 g/mol. The molecule has 1 atom stereocenters. The first-order valence-electron chi connectivity index (χ1n) is 5.79. The third-order valence-electron chi connectivity index (χ3n) is 2.43. The van der Waals surface area contributed by atoms with Crippen molar-refractivity contribution in [3.8, 4) is 0 Å². The van der Waals surface area contributed by atoms with Crippen molar-refractivity contribution < 1.29 is 5.11 Å². The number of anilines is 1. The average molecular weight is 302 g/mol. The Balaban J connectivity index is 2.97. The molecule has 0 aliphatic heterocycles. The number of aliphatic hydroxyl groups is 1. The fourth-order valence-electron chi connectivity index (χ4n) is 1.31. The number of halogens is 1. The number of nitrogens with one attached hydrogen (secondary N) is 1. The van der Waals surface area contributed by atoms with E-state index in [4.69, 9.17) is 5.11 Å². The van der Waals surface area contributed by atoms with Crippen LogP contribution in [0.4, 0.5) is 5.82 Å². The zero-order chi connectivity index (χ0) is 13.1. The van der Waals surface area contributed by atoms with Gasteiger partial charge in [0.15, 0.2) is 0 Å². The number of hydrogen-bond donors (Lipinski definition) is 2. The lowest BCUT2D eigenvalue weighted by molar-refractivity contribution is 0.271. The third-order valence-corrected chi connectivity index (χ3v) is 2.84. The number of rotatable bonds is 4. The van der Waals surface area contributed by atoms with Gasteiger partial charge in [0.2, 0.25) is 0 Å². The number of nitrogens with zero attached hydrogens (tertiary/aromatic N) is 2. The number of aliphatic hydroxyl groups excluding tert-OH is 1. The maximum absolute atomic E-state index is 9.17. The molecule has 4 nitrogen and oxygen atoms in total. The van der Waals surface area contributed by atoms with Crippen LogP contribution in [0, 0.1) is 0 Å². The van der Waals surface area contributed by atoms with Crippen LogP contribution in [0.3, 0.4) is 0 Å². The molecule has 96 valence electrons. The van der Waals surface area contributed by atoms with E-state index in [9.17, 15) is 0 Å². The quantitative estimate of drug-likeness (QED) is 0.840. The van der Waals surface area contributed by atoms with Crippen LogP contribution >= 0.6 is 15.9 Å². The Morgan fingerprint density at radius 2 is 2.06 bits per heavy atom. The molecule has 0 amide bonds. The van der Waals surface area contributed by atoms with Crippen molar-refractivity contribution in [1.82, 2.24) is 9.97 Å². The summed E-state index contributed by atoms with van der Waals surface area (Å²) < 4.78 is 0.757. The van der Waals surface area contributed by atoms with Gasteiger partial charge in [-0.1, -0.05) is 27.7 Å². The van der Waals surface area contributed by atoms with Crippen molar-refractivity contribution >= 4 is 21.7 Å². The van der Waals surface area contributed by atoms with E-state index < -0.39 is 0 Å². The van der Waals surface area contributed by atoms with E-state index in [1.807, 2.05) is 13.0 Å². The fourth-order valence-corrected chi connectivity index (χ4v) is 1.70. The summed E-state index contributed by atoms with van der Waals surface area (Å²) in [6, 6.07) is 1.86. The van der Waals surface area contributed by atoms with E-state index >= 15 is 0 Å². The Hall–Kier alpha value is -0.680. The predicted octanol–water partition coefficient (Wildman–Crippen LogP) is 2.72. The SMILES string of the molecule is CCC(CO)Nc1cc(Br)nc(C(C)(C)C)n1. The molecule has 0 aliphatic carbocycles. The minimum Gasteiger partial charge on any atom is -0.394 e. The van der Waals surface area contributed by atoms with Crippen LogP contribution in [-0.2, 0) is 5.41 Å². The van der Waals surface area contributed by atoms with Crippen molar-refractivity contribution in [2.75, 3.05) is 11.9 Å². The molecule has 0 saturated heterocycles. The van der Waals surface area contributed by atoms with Crippen LogP contribution in [0.1, 0.15) is 39.9 Å². The molecule has 0 bridgehead atoms. The first kappa shape index (κ1) is 14.4. The zero-order valence-corrected chi connectivity index (χ0v) is 12.4. The Bertz CT molecular complexity index is 373. The van der Waals surface area contributed by atoms with Gasteiger partial charge in [-0.2, -0.15) is 0 Å². The molecule has 2 N–H and O–H groups in total. The summed E-state index contributed by atoms with van der Waals surface area (Å²) in [6.45, 7) is 8.34. The molecular formula is C12H20BrN3O. The van der Waals surface area contributed by atoms with Gasteiger partial charge in [0, 0.05) is 11.5 Å². The van der Waals surface area contributed by atoms with E-state index in [0.717, 1.165) is 22.7 Å². The second kappa shape index (κ2) is 5.78. The molecule has 1 unspecified atom stereocenters. The Kier molecular flexibility index (Phi) is 4.89. The largest absolute Gasteiger partial charge is 0.394 e.